The van der Waals surface area contributed by atoms with Crippen molar-refractivity contribution in [2.24, 2.45) is 0 Å². The summed E-state index contributed by atoms with van der Waals surface area (Å²) in [5.74, 6) is -1.60. The van der Waals surface area contributed by atoms with Crippen molar-refractivity contribution in [2.45, 2.75) is 69.6 Å². The molecule has 3 N–H and O–H groups in total. The molecule has 0 spiro atoms. The molecule has 6 heterocycles. The second-order valence-electron chi connectivity index (χ2n) is 12.3. The van der Waals surface area contributed by atoms with Crippen LogP contribution in [0.3, 0.4) is 0 Å². The van der Waals surface area contributed by atoms with Crippen molar-refractivity contribution >= 4 is 28.4 Å². The smallest absolute Gasteiger partial charge is 0.417 e. The lowest BCUT2D eigenvalue weighted by molar-refractivity contribution is -0.137. The Bertz CT molecular complexity index is 1630. The lowest BCUT2D eigenvalue weighted by Crippen LogP contribution is -2.62. The molecule has 4 aliphatic heterocycles. The van der Waals surface area contributed by atoms with Gasteiger partial charge >= 0.3 is 6.18 Å². The monoisotopic (exact) mass is 604 g/mol. The highest BCUT2D eigenvalue weighted by Gasteiger charge is 2.47. The standard InChI is InChI=1S/C29H33F5N8O/c1-12-20(29(32,33)34)16(9-17(35)21(12)30)23-22(31)24-19-26(39-28(38-24)41-8-7-15(11-41)40(3)4)42-10-14-5-6-18(36-14)25(42)13(2)43-27(19)37-23/h9,13-15,18,25,36H,5-8,10-11,35H2,1-4H3/t13-,14+,15+,18-,25+/m0/s1. The zero-order valence-corrected chi connectivity index (χ0v) is 24.3. The third-order valence-corrected chi connectivity index (χ3v) is 9.48. The van der Waals surface area contributed by atoms with Gasteiger partial charge in [0.15, 0.2) is 5.82 Å². The number of pyridine rings is 1. The predicted octanol–water partition coefficient (Wildman–Crippen LogP) is 4.11. The third kappa shape index (κ3) is 4.35. The first-order chi connectivity index (χ1) is 20.3. The summed E-state index contributed by atoms with van der Waals surface area (Å²) in [6, 6.07) is 1.14. The molecule has 0 aliphatic carbocycles. The van der Waals surface area contributed by atoms with Crippen LogP contribution in [0.2, 0.25) is 0 Å². The van der Waals surface area contributed by atoms with Crippen molar-refractivity contribution in [3.05, 3.63) is 28.8 Å². The summed E-state index contributed by atoms with van der Waals surface area (Å²) in [5, 5.41) is 3.85. The Labute approximate surface area is 245 Å². The Balaban J connectivity index is 1.50. The van der Waals surface area contributed by atoms with Crippen LogP contribution in [0.4, 0.5) is 39.4 Å². The number of halogens is 5. The molecule has 0 unspecified atom stereocenters. The molecule has 0 radical (unpaired) electrons. The summed E-state index contributed by atoms with van der Waals surface area (Å²) in [6.07, 6.45) is -2.72. The normalized spacial score (nSPS) is 26.7. The Morgan fingerprint density at radius 2 is 1.84 bits per heavy atom. The predicted molar refractivity (Wildman–Crippen MR) is 152 cm³/mol. The molecule has 3 aromatic rings. The van der Waals surface area contributed by atoms with Gasteiger partial charge in [-0.3, -0.25) is 0 Å². The highest BCUT2D eigenvalue weighted by Crippen LogP contribution is 2.47. The van der Waals surface area contributed by atoms with Gasteiger partial charge in [0.1, 0.15) is 34.3 Å². The number of fused-ring (bicyclic) bond motifs is 5. The maximum atomic E-state index is 16.7. The zero-order valence-electron chi connectivity index (χ0n) is 24.3. The molecule has 3 saturated heterocycles. The fraction of sp³-hybridized carbons (Fsp3) is 0.552. The Morgan fingerprint density at radius 1 is 1.07 bits per heavy atom. The summed E-state index contributed by atoms with van der Waals surface area (Å²) in [6.45, 7) is 4.69. The Morgan fingerprint density at radius 3 is 2.53 bits per heavy atom. The summed E-state index contributed by atoms with van der Waals surface area (Å²) in [5.41, 5.74) is 1.62. The number of nitrogens with zero attached hydrogens (tertiary/aromatic N) is 6. The number of hydrogen-bond donors (Lipinski definition) is 2. The number of anilines is 3. The SMILES string of the molecule is Cc1c(F)c(N)cc(-c2nc3c4c(nc(N5CC[C@@H](N(C)C)C5)nc4c2F)N2C[C@H]4CC[C@H](N4)[C@H]2[C@H](C)O3)c1C(F)(F)F. The molecule has 5 atom stereocenters. The molecule has 230 valence electrons. The zero-order chi connectivity index (χ0) is 30.5. The molecule has 2 aromatic heterocycles. The van der Waals surface area contributed by atoms with Crippen LogP contribution in [0, 0.1) is 18.6 Å². The number of rotatable bonds is 3. The van der Waals surface area contributed by atoms with Gasteiger partial charge in [0, 0.05) is 43.3 Å². The quantitative estimate of drug-likeness (QED) is 0.338. The molecular weight excluding hydrogens is 571 g/mol. The summed E-state index contributed by atoms with van der Waals surface area (Å²) < 4.78 is 80.8. The lowest BCUT2D eigenvalue weighted by atomic mass is 9.96. The van der Waals surface area contributed by atoms with E-state index in [0.29, 0.717) is 31.4 Å². The van der Waals surface area contributed by atoms with Gasteiger partial charge in [0.05, 0.1) is 17.3 Å². The maximum absolute atomic E-state index is 16.7. The average molecular weight is 605 g/mol. The number of nitrogens with one attached hydrogen (secondary N) is 1. The average Bonchev–Trinajstić information content (AvgIpc) is 3.56. The van der Waals surface area contributed by atoms with Crippen molar-refractivity contribution in [1.82, 2.24) is 25.2 Å². The van der Waals surface area contributed by atoms with Gasteiger partial charge in [-0.25, -0.2) is 18.7 Å². The molecule has 3 fully saturated rings. The van der Waals surface area contributed by atoms with Crippen molar-refractivity contribution in [1.29, 1.82) is 0 Å². The summed E-state index contributed by atoms with van der Waals surface area (Å²) in [4.78, 5) is 20.2. The van der Waals surface area contributed by atoms with E-state index in [1.807, 2.05) is 25.9 Å². The third-order valence-electron chi connectivity index (χ3n) is 9.48. The fourth-order valence-electron chi connectivity index (χ4n) is 7.34. The number of benzene rings is 1. The van der Waals surface area contributed by atoms with E-state index in [2.05, 4.69) is 25.1 Å². The van der Waals surface area contributed by atoms with Crippen LogP contribution in [0.5, 0.6) is 5.88 Å². The van der Waals surface area contributed by atoms with Crippen LogP contribution in [-0.4, -0.2) is 83.9 Å². The highest BCUT2D eigenvalue weighted by molar-refractivity contribution is 5.98. The van der Waals surface area contributed by atoms with E-state index >= 15 is 4.39 Å². The number of alkyl halides is 3. The first kappa shape index (κ1) is 28.3. The number of nitrogens with two attached hydrogens (primary N) is 1. The number of likely N-dealkylation sites (N-methyl/N-ethyl adjacent to an activating group) is 1. The van der Waals surface area contributed by atoms with E-state index in [0.717, 1.165) is 32.3 Å². The van der Waals surface area contributed by atoms with Crippen LogP contribution in [0.1, 0.15) is 37.3 Å². The minimum absolute atomic E-state index is 0.0630. The van der Waals surface area contributed by atoms with Gasteiger partial charge in [-0.2, -0.15) is 18.2 Å². The molecule has 2 bridgehead atoms. The number of piperazine rings is 1. The first-order valence-corrected chi connectivity index (χ1v) is 14.5. The van der Waals surface area contributed by atoms with Crippen LogP contribution in [-0.2, 0) is 6.18 Å². The molecule has 0 amide bonds. The van der Waals surface area contributed by atoms with E-state index in [1.165, 1.54) is 0 Å². The van der Waals surface area contributed by atoms with Gasteiger partial charge in [0.25, 0.3) is 0 Å². The first-order valence-electron chi connectivity index (χ1n) is 14.5. The lowest BCUT2D eigenvalue weighted by Gasteiger charge is -2.43. The van der Waals surface area contributed by atoms with E-state index in [-0.39, 0.29) is 41.0 Å². The number of nitrogen functional groups attached to an aromatic ring is 1. The molecule has 43 heavy (non-hydrogen) atoms. The summed E-state index contributed by atoms with van der Waals surface area (Å²) in [7, 11) is 3.98. The Kier molecular flexibility index (Phi) is 6.40. The highest BCUT2D eigenvalue weighted by atomic mass is 19.4. The van der Waals surface area contributed by atoms with Gasteiger partial charge in [0.2, 0.25) is 11.8 Å². The van der Waals surface area contributed by atoms with Crippen molar-refractivity contribution in [2.75, 3.05) is 49.3 Å². The molecule has 4 aliphatic rings. The van der Waals surface area contributed by atoms with E-state index in [4.69, 9.17) is 15.5 Å². The molecule has 1 aromatic carbocycles. The molecule has 9 nitrogen and oxygen atoms in total. The van der Waals surface area contributed by atoms with Gasteiger partial charge in [-0.05, 0) is 58.8 Å². The van der Waals surface area contributed by atoms with Crippen LogP contribution in [0.15, 0.2) is 6.07 Å². The fourth-order valence-corrected chi connectivity index (χ4v) is 7.34. The molecule has 14 heteroatoms. The largest absolute Gasteiger partial charge is 0.472 e. The second kappa shape index (κ2) is 9.74. The number of hydrogen-bond acceptors (Lipinski definition) is 9. The van der Waals surface area contributed by atoms with Crippen LogP contribution in [0.25, 0.3) is 22.2 Å². The van der Waals surface area contributed by atoms with Gasteiger partial charge < -0.3 is 30.5 Å². The minimum atomic E-state index is -5.01. The van der Waals surface area contributed by atoms with E-state index < -0.39 is 52.0 Å². The van der Waals surface area contributed by atoms with Crippen molar-refractivity contribution in [3.63, 3.8) is 0 Å². The van der Waals surface area contributed by atoms with Gasteiger partial charge in [-0.1, -0.05) is 0 Å². The maximum Gasteiger partial charge on any atom is 0.417 e. The summed E-state index contributed by atoms with van der Waals surface area (Å²) >= 11 is 0. The van der Waals surface area contributed by atoms with Crippen molar-refractivity contribution in [3.8, 4) is 17.1 Å². The topological polar surface area (TPSA) is 95.7 Å². The van der Waals surface area contributed by atoms with Crippen molar-refractivity contribution < 1.29 is 26.7 Å². The minimum Gasteiger partial charge on any atom is -0.472 e. The van der Waals surface area contributed by atoms with E-state index in [1.54, 1.807) is 0 Å². The Hall–Kier alpha value is -3.52. The number of aromatic nitrogens is 3. The molecule has 7 rings (SSSR count). The molecule has 0 saturated carbocycles. The van der Waals surface area contributed by atoms with Crippen LogP contribution < -0.4 is 25.6 Å². The van der Waals surface area contributed by atoms with Gasteiger partial charge in [-0.15, -0.1) is 0 Å². The number of ether oxygens (including phenoxy) is 1. The second-order valence-corrected chi connectivity index (χ2v) is 12.3. The molecular formula is C29H33F5N8O. The van der Waals surface area contributed by atoms with Crippen LogP contribution >= 0.6 is 0 Å². The van der Waals surface area contributed by atoms with E-state index in [9.17, 15) is 17.6 Å².